The molecular formula is C19H29NO5. The summed E-state index contributed by atoms with van der Waals surface area (Å²) in [6.45, 7) is 12.8. The number of benzene rings is 1. The lowest BCUT2D eigenvalue weighted by atomic mass is 10.0. The molecule has 0 aliphatic carbocycles. The highest BCUT2D eigenvalue weighted by Gasteiger charge is 2.35. The Kier molecular flexibility index (Phi) is 6.53. The van der Waals surface area contributed by atoms with Gasteiger partial charge in [-0.3, -0.25) is 4.79 Å². The molecule has 1 saturated heterocycles. The van der Waals surface area contributed by atoms with E-state index in [2.05, 4.69) is 0 Å². The summed E-state index contributed by atoms with van der Waals surface area (Å²) in [5, 5.41) is 0. The molecule has 0 saturated carbocycles. The zero-order valence-electron chi connectivity index (χ0n) is 15.9. The number of nitrogens with zero attached hydrogens (tertiary/aromatic N) is 1. The highest BCUT2D eigenvalue weighted by Crippen LogP contribution is 2.40. The lowest BCUT2D eigenvalue weighted by Gasteiger charge is -2.42. The second-order valence-electron chi connectivity index (χ2n) is 6.42. The van der Waals surface area contributed by atoms with Gasteiger partial charge < -0.3 is 23.8 Å². The molecule has 0 unspecified atom stereocenters. The molecule has 1 amide bonds. The van der Waals surface area contributed by atoms with Crippen LogP contribution in [0.25, 0.3) is 0 Å². The van der Waals surface area contributed by atoms with Crippen LogP contribution in [0.4, 0.5) is 0 Å². The van der Waals surface area contributed by atoms with Gasteiger partial charge in [0.2, 0.25) is 5.75 Å². The van der Waals surface area contributed by atoms with Crippen molar-refractivity contribution in [3.63, 3.8) is 0 Å². The maximum atomic E-state index is 13.1. The van der Waals surface area contributed by atoms with Gasteiger partial charge in [-0.25, -0.2) is 0 Å². The lowest BCUT2D eigenvalue weighted by molar-refractivity contribution is -0.0370. The van der Waals surface area contributed by atoms with Gasteiger partial charge in [-0.15, -0.1) is 0 Å². The van der Waals surface area contributed by atoms with Gasteiger partial charge in [0.1, 0.15) is 0 Å². The van der Waals surface area contributed by atoms with Crippen molar-refractivity contribution in [2.45, 2.75) is 40.2 Å². The fourth-order valence-corrected chi connectivity index (χ4v) is 2.90. The Labute approximate surface area is 150 Å². The van der Waals surface area contributed by atoms with Crippen LogP contribution in [-0.4, -0.2) is 55.9 Å². The van der Waals surface area contributed by atoms with E-state index in [4.69, 9.17) is 18.9 Å². The van der Waals surface area contributed by atoms with Crippen molar-refractivity contribution in [3.8, 4) is 17.2 Å². The van der Waals surface area contributed by atoms with Crippen LogP contribution in [0.3, 0.4) is 0 Å². The molecule has 0 N–H and O–H groups in total. The van der Waals surface area contributed by atoms with Crippen molar-refractivity contribution in [1.29, 1.82) is 0 Å². The Bertz CT molecular complexity index is 572. The summed E-state index contributed by atoms with van der Waals surface area (Å²) in [5.74, 6) is 1.55. The third-order valence-electron chi connectivity index (χ3n) is 4.05. The summed E-state index contributed by atoms with van der Waals surface area (Å²) in [6, 6.07) is 3.48. The lowest BCUT2D eigenvalue weighted by Crippen LogP contribution is -2.55. The van der Waals surface area contributed by atoms with Crippen LogP contribution in [0, 0.1) is 0 Å². The van der Waals surface area contributed by atoms with Gasteiger partial charge in [0.05, 0.1) is 38.6 Å². The molecule has 1 aliphatic rings. The highest BCUT2D eigenvalue weighted by atomic mass is 16.5. The van der Waals surface area contributed by atoms with E-state index in [1.165, 1.54) is 0 Å². The number of hydrogen-bond acceptors (Lipinski definition) is 5. The predicted octanol–water partition coefficient (Wildman–Crippen LogP) is 3.13. The normalized spacial score (nSPS) is 16.4. The third kappa shape index (κ3) is 4.37. The Morgan fingerprint density at radius 2 is 1.64 bits per heavy atom. The van der Waals surface area contributed by atoms with E-state index in [1.54, 1.807) is 12.1 Å². The molecule has 1 aromatic rings. The van der Waals surface area contributed by atoms with Gasteiger partial charge in [-0.2, -0.15) is 0 Å². The molecule has 0 aromatic heterocycles. The quantitative estimate of drug-likeness (QED) is 0.755. The first-order valence-corrected chi connectivity index (χ1v) is 8.90. The van der Waals surface area contributed by atoms with Crippen LogP contribution in [-0.2, 0) is 4.74 Å². The van der Waals surface area contributed by atoms with E-state index >= 15 is 0 Å². The molecular weight excluding hydrogens is 322 g/mol. The van der Waals surface area contributed by atoms with Crippen LogP contribution in [0.2, 0.25) is 0 Å². The average Bonchev–Trinajstić information content (AvgIpc) is 2.57. The molecule has 6 nitrogen and oxygen atoms in total. The summed E-state index contributed by atoms with van der Waals surface area (Å²) in [6.07, 6.45) is 0. The minimum absolute atomic E-state index is 0.0572. The fraction of sp³-hybridized carbons (Fsp3) is 0.632. The number of hydrogen-bond donors (Lipinski definition) is 0. The van der Waals surface area contributed by atoms with E-state index in [1.807, 2.05) is 39.5 Å². The standard InChI is InChI=1S/C19H29NO5/c1-6-23-15-11-14(12-16(24-7-2)17(15)25-8-3)18(21)20-9-10-22-13-19(20,4)5/h11-12H,6-10,13H2,1-5H3. The first kappa shape index (κ1) is 19.4. The number of carbonyl (C=O) groups is 1. The molecule has 0 radical (unpaired) electrons. The SMILES string of the molecule is CCOc1cc(C(=O)N2CCOCC2(C)C)cc(OCC)c1OCC. The zero-order valence-corrected chi connectivity index (χ0v) is 15.9. The molecule has 1 aromatic carbocycles. The predicted molar refractivity (Wildman–Crippen MR) is 95.9 cm³/mol. The van der Waals surface area contributed by atoms with Crippen molar-refractivity contribution < 1.29 is 23.7 Å². The largest absolute Gasteiger partial charge is 0.490 e. The van der Waals surface area contributed by atoms with Crippen molar-refractivity contribution in [1.82, 2.24) is 4.90 Å². The Balaban J connectivity index is 2.43. The van der Waals surface area contributed by atoms with Gasteiger partial charge >= 0.3 is 0 Å². The van der Waals surface area contributed by atoms with Gasteiger partial charge in [0.25, 0.3) is 5.91 Å². The second kappa shape index (κ2) is 8.43. The van der Waals surface area contributed by atoms with Crippen LogP contribution in [0.1, 0.15) is 45.0 Å². The molecule has 25 heavy (non-hydrogen) atoms. The molecule has 6 heteroatoms. The first-order valence-electron chi connectivity index (χ1n) is 8.90. The first-order chi connectivity index (χ1) is 11.9. The van der Waals surface area contributed by atoms with Gasteiger partial charge in [0.15, 0.2) is 11.5 Å². The average molecular weight is 351 g/mol. The Hall–Kier alpha value is -1.95. The van der Waals surface area contributed by atoms with Gasteiger partial charge in [-0.05, 0) is 46.8 Å². The fourth-order valence-electron chi connectivity index (χ4n) is 2.90. The molecule has 0 spiro atoms. The molecule has 0 bridgehead atoms. The summed E-state index contributed by atoms with van der Waals surface area (Å²) >= 11 is 0. The second-order valence-corrected chi connectivity index (χ2v) is 6.42. The van der Waals surface area contributed by atoms with Crippen LogP contribution in [0.15, 0.2) is 12.1 Å². The maximum absolute atomic E-state index is 13.1. The summed E-state index contributed by atoms with van der Waals surface area (Å²) < 4.78 is 22.6. The Morgan fingerprint density at radius 1 is 1.08 bits per heavy atom. The summed E-state index contributed by atoms with van der Waals surface area (Å²) in [4.78, 5) is 15.0. The molecule has 0 atom stereocenters. The van der Waals surface area contributed by atoms with Gasteiger partial charge in [-0.1, -0.05) is 0 Å². The van der Waals surface area contributed by atoms with Gasteiger partial charge in [0, 0.05) is 12.1 Å². The van der Waals surface area contributed by atoms with Crippen molar-refractivity contribution >= 4 is 5.91 Å². The molecule has 2 rings (SSSR count). The van der Waals surface area contributed by atoms with E-state index < -0.39 is 0 Å². The van der Waals surface area contributed by atoms with E-state index in [-0.39, 0.29) is 11.4 Å². The smallest absolute Gasteiger partial charge is 0.254 e. The monoisotopic (exact) mass is 351 g/mol. The molecule has 1 heterocycles. The van der Waals surface area contributed by atoms with E-state index in [0.29, 0.717) is 62.4 Å². The van der Waals surface area contributed by atoms with Crippen molar-refractivity contribution in [2.24, 2.45) is 0 Å². The highest BCUT2D eigenvalue weighted by molar-refractivity contribution is 5.96. The Morgan fingerprint density at radius 3 is 2.12 bits per heavy atom. The maximum Gasteiger partial charge on any atom is 0.254 e. The van der Waals surface area contributed by atoms with Crippen molar-refractivity contribution in [3.05, 3.63) is 17.7 Å². The number of morpholine rings is 1. The zero-order chi connectivity index (χ0) is 18.4. The summed E-state index contributed by atoms with van der Waals surface area (Å²) in [5.41, 5.74) is 0.177. The number of rotatable bonds is 7. The number of ether oxygens (including phenoxy) is 4. The van der Waals surface area contributed by atoms with E-state index in [9.17, 15) is 4.79 Å². The van der Waals surface area contributed by atoms with E-state index in [0.717, 1.165) is 0 Å². The van der Waals surface area contributed by atoms with Crippen LogP contribution >= 0.6 is 0 Å². The topological polar surface area (TPSA) is 57.2 Å². The van der Waals surface area contributed by atoms with Crippen LogP contribution in [0.5, 0.6) is 17.2 Å². The minimum Gasteiger partial charge on any atom is -0.490 e. The van der Waals surface area contributed by atoms with Crippen molar-refractivity contribution in [2.75, 3.05) is 39.6 Å². The molecule has 140 valence electrons. The molecule has 1 aliphatic heterocycles. The third-order valence-corrected chi connectivity index (χ3v) is 4.05. The minimum atomic E-state index is -0.356. The molecule has 1 fully saturated rings. The number of carbonyl (C=O) groups excluding carboxylic acids is 1. The summed E-state index contributed by atoms with van der Waals surface area (Å²) in [7, 11) is 0. The van der Waals surface area contributed by atoms with Crippen LogP contribution < -0.4 is 14.2 Å². The number of amides is 1.